The van der Waals surface area contributed by atoms with Gasteiger partial charge in [0.25, 0.3) is 0 Å². The van der Waals surface area contributed by atoms with Gasteiger partial charge in [-0.15, -0.1) is 0 Å². The van der Waals surface area contributed by atoms with Crippen LogP contribution in [0.3, 0.4) is 0 Å². The van der Waals surface area contributed by atoms with Gasteiger partial charge in [0, 0.05) is 29.3 Å². The number of hydrogen-bond donors (Lipinski definition) is 1. The molecule has 0 amide bonds. The van der Waals surface area contributed by atoms with Crippen LogP contribution in [0.4, 0.5) is 5.69 Å². The molecule has 1 aromatic rings. The Kier molecular flexibility index (Phi) is 3.87. The molecule has 1 aromatic carbocycles. The molecule has 1 unspecified atom stereocenters. The van der Waals surface area contributed by atoms with Gasteiger partial charge in [-0.3, -0.25) is 0 Å². The van der Waals surface area contributed by atoms with E-state index >= 15 is 0 Å². The van der Waals surface area contributed by atoms with E-state index in [4.69, 9.17) is 0 Å². The Hall–Kier alpha value is -0.540. The van der Waals surface area contributed by atoms with Gasteiger partial charge in [0.1, 0.15) is 0 Å². The smallest absolute Gasteiger partial charge is 0.0407 e. The summed E-state index contributed by atoms with van der Waals surface area (Å²) in [6, 6.07) is 7.10. The van der Waals surface area contributed by atoms with Crippen LogP contribution >= 0.6 is 15.9 Å². The van der Waals surface area contributed by atoms with E-state index in [1.807, 2.05) is 0 Å². The molecule has 3 heteroatoms. The van der Waals surface area contributed by atoms with Gasteiger partial charge in [0.2, 0.25) is 0 Å². The molecule has 1 atom stereocenters. The van der Waals surface area contributed by atoms with Crippen molar-refractivity contribution >= 4 is 21.6 Å². The number of likely N-dealkylation sites (N-methyl/N-ethyl adjacent to an activating group) is 1. The zero-order chi connectivity index (χ0) is 11.5. The third-order valence-electron chi connectivity index (χ3n) is 3.26. The molecule has 1 heterocycles. The SMILES string of the molecule is CCNC1CCN(c2cccc(Br)c2C)C1. The monoisotopic (exact) mass is 282 g/mol. The molecule has 16 heavy (non-hydrogen) atoms. The molecule has 0 spiro atoms. The van der Waals surface area contributed by atoms with E-state index in [0.717, 1.165) is 19.6 Å². The number of halogens is 1. The summed E-state index contributed by atoms with van der Waals surface area (Å²) in [6.07, 6.45) is 1.25. The van der Waals surface area contributed by atoms with Gasteiger partial charge >= 0.3 is 0 Å². The molecular formula is C13H19BrN2. The summed E-state index contributed by atoms with van der Waals surface area (Å²) in [5, 5.41) is 3.52. The molecule has 0 saturated carbocycles. The fourth-order valence-corrected chi connectivity index (χ4v) is 2.73. The first kappa shape index (κ1) is 11.9. The minimum atomic E-state index is 0.656. The molecule has 88 valence electrons. The van der Waals surface area contributed by atoms with Crippen LogP contribution in [0.5, 0.6) is 0 Å². The number of rotatable bonds is 3. The second-order valence-corrected chi connectivity index (χ2v) is 5.23. The van der Waals surface area contributed by atoms with E-state index in [2.05, 4.69) is 58.2 Å². The predicted molar refractivity (Wildman–Crippen MR) is 73.2 cm³/mol. The van der Waals surface area contributed by atoms with E-state index in [1.54, 1.807) is 0 Å². The summed E-state index contributed by atoms with van der Waals surface area (Å²) in [4.78, 5) is 2.48. The molecule has 0 radical (unpaired) electrons. The molecule has 1 saturated heterocycles. The molecular weight excluding hydrogens is 264 g/mol. The Morgan fingerprint density at radius 1 is 1.50 bits per heavy atom. The predicted octanol–water partition coefficient (Wildman–Crippen LogP) is 2.95. The number of nitrogens with one attached hydrogen (secondary N) is 1. The van der Waals surface area contributed by atoms with Crippen molar-refractivity contribution in [2.75, 3.05) is 24.5 Å². The second-order valence-electron chi connectivity index (χ2n) is 4.37. The first-order valence-electron chi connectivity index (χ1n) is 5.95. The Bertz CT molecular complexity index is 365. The number of hydrogen-bond acceptors (Lipinski definition) is 2. The lowest BCUT2D eigenvalue weighted by Gasteiger charge is -2.21. The van der Waals surface area contributed by atoms with Crippen LogP contribution < -0.4 is 10.2 Å². The van der Waals surface area contributed by atoms with Gasteiger partial charge in [-0.25, -0.2) is 0 Å². The van der Waals surface area contributed by atoms with Crippen molar-refractivity contribution in [3.8, 4) is 0 Å². The van der Waals surface area contributed by atoms with Crippen LogP contribution in [0.2, 0.25) is 0 Å². The van der Waals surface area contributed by atoms with Gasteiger partial charge in [-0.05, 0) is 37.6 Å². The Morgan fingerprint density at radius 3 is 3.06 bits per heavy atom. The topological polar surface area (TPSA) is 15.3 Å². The highest BCUT2D eigenvalue weighted by atomic mass is 79.9. The summed E-state index contributed by atoms with van der Waals surface area (Å²) in [7, 11) is 0. The fourth-order valence-electron chi connectivity index (χ4n) is 2.37. The minimum absolute atomic E-state index is 0.656. The highest BCUT2D eigenvalue weighted by Gasteiger charge is 2.22. The maximum Gasteiger partial charge on any atom is 0.0407 e. The first-order chi connectivity index (χ1) is 7.72. The van der Waals surface area contributed by atoms with Crippen LogP contribution in [0, 0.1) is 6.92 Å². The van der Waals surface area contributed by atoms with E-state index in [1.165, 1.54) is 22.1 Å². The lowest BCUT2D eigenvalue weighted by atomic mass is 10.2. The van der Waals surface area contributed by atoms with Crippen LogP contribution in [0.1, 0.15) is 18.9 Å². The molecule has 2 rings (SSSR count). The molecule has 0 aliphatic carbocycles. The zero-order valence-corrected chi connectivity index (χ0v) is 11.5. The number of nitrogens with zero attached hydrogens (tertiary/aromatic N) is 1. The van der Waals surface area contributed by atoms with E-state index < -0.39 is 0 Å². The van der Waals surface area contributed by atoms with Crippen molar-refractivity contribution in [2.24, 2.45) is 0 Å². The van der Waals surface area contributed by atoms with Crippen molar-refractivity contribution in [3.05, 3.63) is 28.2 Å². The Labute approximate surface area is 106 Å². The van der Waals surface area contributed by atoms with Crippen molar-refractivity contribution in [1.82, 2.24) is 5.32 Å². The van der Waals surface area contributed by atoms with Crippen LogP contribution in [0.25, 0.3) is 0 Å². The third kappa shape index (κ3) is 2.41. The number of anilines is 1. The van der Waals surface area contributed by atoms with Crippen LogP contribution in [-0.2, 0) is 0 Å². The van der Waals surface area contributed by atoms with Crippen LogP contribution in [0.15, 0.2) is 22.7 Å². The molecule has 2 nitrogen and oxygen atoms in total. The van der Waals surface area contributed by atoms with E-state index in [0.29, 0.717) is 6.04 Å². The molecule has 1 N–H and O–H groups in total. The van der Waals surface area contributed by atoms with Crippen molar-refractivity contribution < 1.29 is 0 Å². The maximum absolute atomic E-state index is 3.60. The lowest BCUT2D eigenvalue weighted by molar-refractivity contribution is 0.572. The zero-order valence-electron chi connectivity index (χ0n) is 9.96. The van der Waals surface area contributed by atoms with Gasteiger partial charge in [-0.2, -0.15) is 0 Å². The largest absolute Gasteiger partial charge is 0.370 e. The van der Waals surface area contributed by atoms with E-state index in [9.17, 15) is 0 Å². The molecule has 1 fully saturated rings. The Morgan fingerprint density at radius 2 is 2.31 bits per heavy atom. The highest BCUT2D eigenvalue weighted by Crippen LogP contribution is 2.29. The molecule has 0 bridgehead atoms. The van der Waals surface area contributed by atoms with Crippen molar-refractivity contribution in [2.45, 2.75) is 26.3 Å². The minimum Gasteiger partial charge on any atom is -0.370 e. The normalized spacial score (nSPS) is 20.4. The maximum atomic E-state index is 3.60. The summed E-state index contributed by atoms with van der Waals surface area (Å²) >= 11 is 3.60. The van der Waals surface area contributed by atoms with E-state index in [-0.39, 0.29) is 0 Å². The summed E-state index contributed by atoms with van der Waals surface area (Å²) in [5.41, 5.74) is 2.72. The Balaban J connectivity index is 2.11. The molecule has 1 aliphatic rings. The first-order valence-corrected chi connectivity index (χ1v) is 6.75. The standard InChI is InChI=1S/C13H19BrN2/c1-3-15-11-7-8-16(9-11)13-6-4-5-12(14)10(13)2/h4-6,11,15H,3,7-9H2,1-2H3. The summed E-state index contributed by atoms with van der Waals surface area (Å²) in [5.74, 6) is 0. The summed E-state index contributed by atoms with van der Waals surface area (Å²) < 4.78 is 1.21. The van der Waals surface area contributed by atoms with Gasteiger partial charge in [0.05, 0.1) is 0 Å². The quantitative estimate of drug-likeness (QED) is 0.917. The lowest BCUT2D eigenvalue weighted by Crippen LogP contribution is -2.32. The highest BCUT2D eigenvalue weighted by molar-refractivity contribution is 9.10. The van der Waals surface area contributed by atoms with Gasteiger partial charge in [0.15, 0.2) is 0 Å². The number of benzene rings is 1. The van der Waals surface area contributed by atoms with Gasteiger partial charge < -0.3 is 10.2 Å². The fraction of sp³-hybridized carbons (Fsp3) is 0.538. The van der Waals surface area contributed by atoms with Gasteiger partial charge in [-0.1, -0.05) is 28.9 Å². The van der Waals surface area contributed by atoms with Crippen molar-refractivity contribution in [1.29, 1.82) is 0 Å². The van der Waals surface area contributed by atoms with Crippen molar-refractivity contribution in [3.63, 3.8) is 0 Å². The third-order valence-corrected chi connectivity index (χ3v) is 4.12. The second kappa shape index (κ2) is 5.19. The molecule has 1 aliphatic heterocycles. The average Bonchev–Trinajstić information content (AvgIpc) is 2.71. The molecule has 0 aromatic heterocycles. The average molecular weight is 283 g/mol. The van der Waals surface area contributed by atoms with Crippen LogP contribution in [-0.4, -0.2) is 25.7 Å². The summed E-state index contributed by atoms with van der Waals surface area (Å²) in [6.45, 7) is 7.71.